The van der Waals surface area contributed by atoms with Gasteiger partial charge in [-0.2, -0.15) is 0 Å². The molecule has 1 fully saturated rings. The number of ether oxygens (including phenoxy) is 1. The van der Waals surface area contributed by atoms with Crippen molar-refractivity contribution in [2.75, 3.05) is 0 Å². The van der Waals surface area contributed by atoms with Gasteiger partial charge in [0.2, 0.25) is 0 Å². The molecule has 0 N–H and O–H groups in total. The first-order valence-corrected chi connectivity index (χ1v) is 6.28. The minimum absolute atomic E-state index is 0.132. The predicted octanol–water partition coefficient (Wildman–Crippen LogP) is 3.24. The zero-order valence-corrected chi connectivity index (χ0v) is 9.89. The number of rotatable bonds is 2. The van der Waals surface area contributed by atoms with Gasteiger partial charge >= 0.3 is 5.97 Å². The number of hydrogen-bond acceptors (Lipinski definition) is 2. The summed E-state index contributed by atoms with van der Waals surface area (Å²) in [5.74, 6) is 0.959. The van der Waals surface area contributed by atoms with Crippen molar-refractivity contribution >= 4 is 5.97 Å². The van der Waals surface area contributed by atoms with E-state index in [2.05, 4.69) is 24.3 Å². The highest BCUT2D eigenvalue weighted by molar-refractivity contribution is 5.66. The fraction of sp³-hybridized carbons (Fsp3) is 0.643. The van der Waals surface area contributed by atoms with Gasteiger partial charge in [0.15, 0.2) is 0 Å². The van der Waals surface area contributed by atoms with Crippen LogP contribution in [0.15, 0.2) is 24.3 Å². The van der Waals surface area contributed by atoms with Crippen molar-refractivity contribution in [1.29, 1.82) is 0 Å². The number of esters is 1. The molecule has 0 amide bonds. The van der Waals surface area contributed by atoms with Crippen molar-refractivity contribution in [1.82, 2.24) is 0 Å². The Morgan fingerprint density at radius 1 is 1.25 bits per heavy atom. The van der Waals surface area contributed by atoms with E-state index >= 15 is 0 Å². The molecular formula is C14H20O2. The Morgan fingerprint density at radius 2 is 2.06 bits per heavy atom. The summed E-state index contributed by atoms with van der Waals surface area (Å²) < 4.78 is 5.46. The molecule has 0 aliphatic heterocycles. The molecule has 0 aromatic rings. The van der Waals surface area contributed by atoms with Crippen LogP contribution in [-0.4, -0.2) is 12.1 Å². The van der Waals surface area contributed by atoms with Gasteiger partial charge in [-0.15, -0.1) is 0 Å². The molecule has 1 saturated carbocycles. The Kier molecular flexibility index (Phi) is 3.81. The molecular weight excluding hydrogens is 200 g/mol. The Labute approximate surface area is 97.4 Å². The average Bonchev–Trinajstić information content (AvgIpc) is 2.30. The maximum Gasteiger partial charge on any atom is 0.302 e. The van der Waals surface area contributed by atoms with E-state index in [0.29, 0.717) is 11.8 Å². The van der Waals surface area contributed by atoms with Gasteiger partial charge in [0.25, 0.3) is 0 Å². The largest absolute Gasteiger partial charge is 0.462 e. The summed E-state index contributed by atoms with van der Waals surface area (Å²) >= 11 is 0. The topological polar surface area (TPSA) is 26.3 Å². The van der Waals surface area contributed by atoms with E-state index in [1.807, 2.05) is 0 Å². The van der Waals surface area contributed by atoms with Crippen LogP contribution < -0.4 is 0 Å². The van der Waals surface area contributed by atoms with E-state index in [1.165, 1.54) is 26.2 Å². The van der Waals surface area contributed by atoms with Gasteiger partial charge in [0.1, 0.15) is 6.10 Å². The third-order valence-corrected chi connectivity index (χ3v) is 3.63. The monoisotopic (exact) mass is 220 g/mol. The van der Waals surface area contributed by atoms with E-state index in [-0.39, 0.29) is 12.1 Å². The lowest BCUT2D eigenvalue weighted by molar-refractivity contribution is -0.151. The predicted molar refractivity (Wildman–Crippen MR) is 63.9 cm³/mol. The molecule has 2 heteroatoms. The van der Waals surface area contributed by atoms with Crippen LogP contribution in [-0.2, 0) is 9.53 Å². The van der Waals surface area contributed by atoms with Crippen molar-refractivity contribution in [2.45, 2.75) is 45.1 Å². The van der Waals surface area contributed by atoms with Crippen LogP contribution in [0.1, 0.15) is 39.0 Å². The van der Waals surface area contributed by atoms with Crippen molar-refractivity contribution in [3.63, 3.8) is 0 Å². The SMILES string of the molecule is CC(=O)O[C@@H]1CCCC[C@H]1C1C=CC=CC1. The first-order valence-electron chi connectivity index (χ1n) is 6.28. The van der Waals surface area contributed by atoms with Gasteiger partial charge in [0.05, 0.1) is 0 Å². The van der Waals surface area contributed by atoms with Crippen LogP contribution in [0.3, 0.4) is 0 Å². The van der Waals surface area contributed by atoms with Crippen LogP contribution in [0.4, 0.5) is 0 Å². The van der Waals surface area contributed by atoms with Gasteiger partial charge in [-0.3, -0.25) is 4.79 Å². The molecule has 0 saturated heterocycles. The van der Waals surface area contributed by atoms with Crippen LogP contribution in [0.5, 0.6) is 0 Å². The summed E-state index contributed by atoms with van der Waals surface area (Å²) in [6.45, 7) is 1.52. The van der Waals surface area contributed by atoms with Crippen molar-refractivity contribution in [3.8, 4) is 0 Å². The lowest BCUT2D eigenvalue weighted by Gasteiger charge is -2.35. The lowest BCUT2D eigenvalue weighted by atomic mass is 9.75. The Bertz CT molecular complexity index is 304. The molecule has 2 nitrogen and oxygen atoms in total. The second-order valence-corrected chi connectivity index (χ2v) is 4.81. The summed E-state index contributed by atoms with van der Waals surface area (Å²) in [6, 6.07) is 0. The fourth-order valence-corrected chi connectivity index (χ4v) is 2.89. The minimum atomic E-state index is -0.132. The highest BCUT2D eigenvalue weighted by Crippen LogP contribution is 2.36. The van der Waals surface area contributed by atoms with Crippen LogP contribution in [0, 0.1) is 11.8 Å². The van der Waals surface area contributed by atoms with Gasteiger partial charge in [-0.25, -0.2) is 0 Å². The summed E-state index contributed by atoms with van der Waals surface area (Å²) in [5, 5.41) is 0. The molecule has 88 valence electrons. The quantitative estimate of drug-likeness (QED) is 0.668. The standard InChI is InChI=1S/C14H20O2/c1-11(15)16-14-10-6-5-9-13(14)12-7-3-2-4-8-12/h2-4,7,12-14H,5-6,8-10H2,1H3/t12?,13-,14+/m0/s1. The molecule has 0 bridgehead atoms. The van der Waals surface area contributed by atoms with Gasteiger partial charge in [0, 0.05) is 12.8 Å². The van der Waals surface area contributed by atoms with Crippen LogP contribution in [0.2, 0.25) is 0 Å². The van der Waals surface area contributed by atoms with Gasteiger partial charge in [-0.05, 0) is 31.6 Å². The summed E-state index contributed by atoms with van der Waals surface area (Å²) in [6.07, 6.45) is 14.6. The molecule has 0 radical (unpaired) electrons. The van der Waals surface area contributed by atoms with Gasteiger partial charge in [-0.1, -0.05) is 30.7 Å². The van der Waals surface area contributed by atoms with Crippen molar-refractivity contribution < 1.29 is 9.53 Å². The van der Waals surface area contributed by atoms with Crippen LogP contribution >= 0.6 is 0 Å². The molecule has 0 aromatic heterocycles. The lowest BCUT2D eigenvalue weighted by Crippen LogP contribution is -2.34. The molecule has 1 unspecified atom stereocenters. The third-order valence-electron chi connectivity index (χ3n) is 3.63. The average molecular weight is 220 g/mol. The fourth-order valence-electron chi connectivity index (χ4n) is 2.89. The summed E-state index contributed by atoms with van der Waals surface area (Å²) in [5.41, 5.74) is 0. The first-order chi connectivity index (χ1) is 7.77. The molecule has 0 spiro atoms. The number of carbonyl (C=O) groups excluding carboxylic acids is 1. The Morgan fingerprint density at radius 3 is 2.75 bits per heavy atom. The highest BCUT2D eigenvalue weighted by Gasteiger charge is 2.32. The normalized spacial score (nSPS) is 33.7. The molecule has 2 rings (SSSR count). The van der Waals surface area contributed by atoms with Crippen LogP contribution in [0.25, 0.3) is 0 Å². The van der Waals surface area contributed by atoms with E-state index in [1.54, 1.807) is 0 Å². The Balaban J connectivity index is 2.01. The van der Waals surface area contributed by atoms with Crippen molar-refractivity contribution in [3.05, 3.63) is 24.3 Å². The molecule has 0 heterocycles. The van der Waals surface area contributed by atoms with E-state index in [0.717, 1.165) is 12.8 Å². The second kappa shape index (κ2) is 5.33. The highest BCUT2D eigenvalue weighted by atomic mass is 16.5. The zero-order valence-electron chi connectivity index (χ0n) is 9.89. The number of hydrogen-bond donors (Lipinski definition) is 0. The summed E-state index contributed by atoms with van der Waals surface area (Å²) in [7, 11) is 0. The minimum Gasteiger partial charge on any atom is -0.462 e. The molecule has 2 aliphatic rings. The Hall–Kier alpha value is -1.05. The molecule has 16 heavy (non-hydrogen) atoms. The number of carbonyl (C=O) groups is 1. The van der Waals surface area contributed by atoms with E-state index < -0.39 is 0 Å². The summed E-state index contributed by atoms with van der Waals surface area (Å²) in [4.78, 5) is 11.1. The molecule has 2 aliphatic carbocycles. The zero-order chi connectivity index (χ0) is 11.4. The number of allylic oxidation sites excluding steroid dienone is 4. The smallest absolute Gasteiger partial charge is 0.302 e. The van der Waals surface area contributed by atoms with Gasteiger partial charge < -0.3 is 4.74 Å². The first kappa shape index (κ1) is 11.4. The van der Waals surface area contributed by atoms with Crippen molar-refractivity contribution in [2.24, 2.45) is 11.8 Å². The van der Waals surface area contributed by atoms with E-state index in [4.69, 9.17) is 4.74 Å². The third kappa shape index (κ3) is 2.75. The second-order valence-electron chi connectivity index (χ2n) is 4.81. The maximum absolute atomic E-state index is 11.1. The maximum atomic E-state index is 11.1. The molecule has 3 atom stereocenters. The van der Waals surface area contributed by atoms with E-state index in [9.17, 15) is 4.79 Å². The molecule has 0 aromatic carbocycles.